The van der Waals surface area contributed by atoms with Gasteiger partial charge in [-0.25, -0.2) is 0 Å². The highest BCUT2D eigenvalue weighted by molar-refractivity contribution is 7.99. The fraction of sp³-hybridized carbons (Fsp3) is 0.562. The van der Waals surface area contributed by atoms with Gasteiger partial charge in [0.1, 0.15) is 0 Å². The van der Waals surface area contributed by atoms with Crippen molar-refractivity contribution in [2.75, 3.05) is 17.6 Å². The predicted molar refractivity (Wildman–Crippen MR) is 92.4 cm³/mol. The molecular weight excluding hydrogens is 304 g/mol. The first-order chi connectivity index (χ1) is 10.1. The molecule has 0 bridgehead atoms. The quantitative estimate of drug-likeness (QED) is 0.834. The van der Waals surface area contributed by atoms with Crippen molar-refractivity contribution in [3.05, 3.63) is 28.8 Å². The van der Waals surface area contributed by atoms with Gasteiger partial charge in [0, 0.05) is 22.0 Å². The molecule has 0 radical (unpaired) electrons. The number of nitrogens with one attached hydrogen (secondary N) is 2. The molecule has 21 heavy (non-hydrogen) atoms. The van der Waals surface area contributed by atoms with Crippen LogP contribution in [0, 0.1) is 6.92 Å². The molecule has 0 saturated heterocycles. The van der Waals surface area contributed by atoms with Gasteiger partial charge in [0.2, 0.25) is 5.91 Å². The van der Waals surface area contributed by atoms with E-state index in [4.69, 9.17) is 11.6 Å². The van der Waals surface area contributed by atoms with Crippen molar-refractivity contribution >= 4 is 35.0 Å². The predicted octanol–water partition coefficient (Wildman–Crippen LogP) is 3.85. The van der Waals surface area contributed by atoms with Gasteiger partial charge >= 0.3 is 0 Å². The van der Waals surface area contributed by atoms with Crippen molar-refractivity contribution in [1.29, 1.82) is 0 Å². The molecular formula is C16H23ClN2OS. The summed E-state index contributed by atoms with van der Waals surface area (Å²) < 4.78 is 0. The van der Waals surface area contributed by atoms with Gasteiger partial charge in [0.05, 0.1) is 6.54 Å². The first-order valence-electron chi connectivity index (χ1n) is 7.51. The number of anilines is 1. The summed E-state index contributed by atoms with van der Waals surface area (Å²) in [7, 11) is 0. The average Bonchev–Trinajstić information content (AvgIpc) is 2.88. The zero-order chi connectivity index (χ0) is 15.2. The first kappa shape index (κ1) is 16.7. The molecule has 0 aromatic heterocycles. The van der Waals surface area contributed by atoms with E-state index >= 15 is 0 Å². The number of carbonyl (C=O) groups is 1. The molecule has 1 aliphatic rings. The number of thioether (sulfide) groups is 1. The van der Waals surface area contributed by atoms with Gasteiger partial charge in [0.25, 0.3) is 0 Å². The molecule has 2 unspecified atom stereocenters. The van der Waals surface area contributed by atoms with Crippen LogP contribution in [0.3, 0.4) is 0 Å². The number of hydrogen-bond acceptors (Lipinski definition) is 3. The third kappa shape index (κ3) is 4.90. The van der Waals surface area contributed by atoms with Crippen LogP contribution in [0.25, 0.3) is 0 Å². The lowest BCUT2D eigenvalue weighted by Crippen LogP contribution is -2.39. The summed E-state index contributed by atoms with van der Waals surface area (Å²) in [5, 5.41) is 7.62. The Morgan fingerprint density at radius 3 is 3.00 bits per heavy atom. The molecule has 1 aromatic rings. The molecule has 3 nitrogen and oxygen atoms in total. The van der Waals surface area contributed by atoms with Gasteiger partial charge in [-0.1, -0.05) is 31.0 Å². The van der Waals surface area contributed by atoms with Gasteiger partial charge in [-0.05, 0) is 43.2 Å². The highest BCUT2D eigenvalue weighted by atomic mass is 35.5. The Balaban J connectivity index is 1.83. The Morgan fingerprint density at radius 1 is 1.43 bits per heavy atom. The van der Waals surface area contributed by atoms with Crippen molar-refractivity contribution in [2.24, 2.45) is 0 Å². The van der Waals surface area contributed by atoms with E-state index in [0.717, 1.165) is 17.0 Å². The van der Waals surface area contributed by atoms with Crippen LogP contribution < -0.4 is 10.6 Å². The molecule has 5 heteroatoms. The Labute approximate surface area is 136 Å². The van der Waals surface area contributed by atoms with Crippen LogP contribution in [0.5, 0.6) is 0 Å². The van der Waals surface area contributed by atoms with Gasteiger partial charge < -0.3 is 10.6 Å². The van der Waals surface area contributed by atoms with E-state index in [1.165, 1.54) is 19.3 Å². The van der Waals surface area contributed by atoms with E-state index < -0.39 is 0 Å². The largest absolute Gasteiger partial charge is 0.325 e. The molecule has 1 amide bonds. The Kier molecular flexibility index (Phi) is 6.40. The summed E-state index contributed by atoms with van der Waals surface area (Å²) >= 11 is 7.96. The molecule has 1 fully saturated rings. The average molecular weight is 327 g/mol. The standard InChI is InChI=1S/C16H23ClN2OS/c1-3-21-15-6-4-5-13(15)18-10-16(20)19-14-9-12(17)8-7-11(14)2/h7-9,13,15,18H,3-6,10H2,1-2H3,(H,19,20). The normalized spacial score (nSPS) is 21.5. The Bertz CT molecular complexity index is 495. The number of benzene rings is 1. The maximum Gasteiger partial charge on any atom is 0.238 e. The third-order valence-electron chi connectivity index (χ3n) is 3.83. The topological polar surface area (TPSA) is 41.1 Å². The maximum absolute atomic E-state index is 12.1. The fourth-order valence-electron chi connectivity index (χ4n) is 2.72. The van der Waals surface area contributed by atoms with Crippen LogP contribution in [0.2, 0.25) is 5.02 Å². The second kappa shape index (κ2) is 8.06. The second-order valence-electron chi connectivity index (χ2n) is 5.42. The number of halogens is 1. The van der Waals surface area contributed by atoms with Crippen molar-refractivity contribution < 1.29 is 4.79 Å². The lowest BCUT2D eigenvalue weighted by Gasteiger charge is -2.20. The SMILES string of the molecule is CCSC1CCCC1NCC(=O)Nc1cc(Cl)ccc1C. The molecule has 1 aromatic carbocycles. The van der Waals surface area contributed by atoms with E-state index in [9.17, 15) is 4.79 Å². The van der Waals surface area contributed by atoms with Gasteiger partial charge in [0.15, 0.2) is 0 Å². The van der Waals surface area contributed by atoms with Crippen molar-refractivity contribution in [3.8, 4) is 0 Å². The zero-order valence-electron chi connectivity index (χ0n) is 12.6. The van der Waals surface area contributed by atoms with Crippen LogP contribution in [0.15, 0.2) is 18.2 Å². The molecule has 1 saturated carbocycles. The highest BCUT2D eigenvalue weighted by Gasteiger charge is 2.27. The monoisotopic (exact) mass is 326 g/mol. The smallest absolute Gasteiger partial charge is 0.238 e. The van der Waals surface area contributed by atoms with Gasteiger partial charge in [-0.3, -0.25) is 4.79 Å². The Morgan fingerprint density at radius 2 is 2.24 bits per heavy atom. The third-order valence-corrected chi connectivity index (χ3v) is 5.39. The van der Waals surface area contributed by atoms with Gasteiger partial charge in [-0.15, -0.1) is 0 Å². The van der Waals surface area contributed by atoms with E-state index in [-0.39, 0.29) is 5.91 Å². The zero-order valence-corrected chi connectivity index (χ0v) is 14.2. The minimum atomic E-state index is -0.00693. The molecule has 0 spiro atoms. The molecule has 0 aliphatic heterocycles. The van der Waals surface area contributed by atoms with Crippen molar-refractivity contribution in [1.82, 2.24) is 5.32 Å². The maximum atomic E-state index is 12.1. The second-order valence-corrected chi connectivity index (χ2v) is 7.37. The molecule has 2 N–H and O–H groups in total. The summed E-state index contributed by atoms with van der Waals surface area (Å²) in [5.74, 6) is 1.13. The molecule has 1 aliphatic carbocycles. The summed E-state index contributed by atoms with van der Waals surface area (Å²) in [5.41, 5.74) is 1.81. The number of rotatable bonds is 6. The van der Waals surface area contributed by atoms with Crippen LogP contribution in [-0.2, 0) is 4.79 Å². The van der Waals surface area contributed by atoms with Crippen LogP contribution in [0.4, 0.5) is 5.69 Å². The minimum Gasteiger partial charge on any atom is -0.325 e. The number of amides is 1. The molecule has 116 valence electrons. The lowest BCUT2D eigenvalue weighted by atomic mass is 10.2. The lowest BCUT2D eigenvalue weighted by molar-refractivity contribution is -0.115. The van der Waals surface area contributed by atoms with Crippen molar-refractivity contribution in [3.63, 3.8) is 0 Å². The summed E-state index contributed by atoms with van der Waals surface area (Å²) in [6.07, 6.45) is 3.68. The number of aryl methyl sites for hydroxylation is 1. The highest BCUT2D eigenvalue weighted by Crippen LogP contribution is 2.29. The number of carbonyl (C=O) groups excluding carboxylic acids is 1. The van der Waals surface area contributed by atoms with E-state index in [2.05, 4.69) is 17.6 Å². The van der Waals surface area contributed by atoms with E-state index in [1.54, 1.807) is 6.07 Å². The fourth-order valence-corrected chi connectivity index (χ4v) is 4.12. The van der Waals surface area contributed by atoms with Crippen LogP contribution >= 0.6 is 23.4 Å². The molecule has 0 heterocycles. The minimum absolute atomic E-state index is 0.00693. The van der Waals surface area contributed by atoms with Crippen LogP contribution in [0.1, 0.15) is 31.7 Å². The Hall–Kier alpha value is -0.710. The van der Waals surface area contributed by atoms with E-state index in [0.29, 0.717) is 22.9 Å². The van der Waals surface area contributed by atoms with Gasteiger partial charge in [-0.2, -0.15) is 11.8 Å². The first-order valence-corrected chi connectivity index (χ1v) is 8.93. The number of hydrogen-bond donors (Lipinski definition) is 2. The summed E-state index contributed by atoms with van der Waals surface area (Å²) in [6, 6.07) is 5.99. The molecule has 2 atom stereocenters. The van der Waals surface area contributed by atoms with Crippen LogP contribution in [-0.4, -0.2) is 29.5 Å². The van der Waals surface area contributed by atoms with E-state index in [1.807, 2.05) is 30.8 Å². The summed E-state index contributed by atoms with van der Waals surface area (Å²) in [6.45, 7) is 4.51. The van der Waals surface area contributed by atoms with Crippen molar-refractivity contribution in [2.45, 2.75) is 44.4 Å². The molecule has 2 rings (SSSR count). The summed E-state index contributed by atoms with van der Waals surface area (Å²) in [4.78, 5) is 12.1.